The van der Waals surface area contributed by atoms with Gasteiger partial charge in [-0.05, 0) is 38.9 Å². The van der Waals surface area contributed by atoms with Crippen LogP contribution in [0.15, 0.2) is 12.4 Å². The molecule has 2 rings (SSSR count). The van der Waals surface area contributed by atoms with Crippen LogP contribution in [0.25, 0.3) is 0 Å². The molecule has 1 aromatic rings. The van der Waals surface area contributed by atoms with Gasteiger partial charge in [0.15, 0.2) is 0 Å². The Morgan fingerprint density at radius 2 is 2.29 bits per heavy atom. The highest BCUT2D eigenvalue weighted by molar-refractivity contribution is 4.97. The Morgan fingerprint density at radius 1 is 1.57 bits per heavy atom. The van der Waals surface area contributed by atoms with Gasteiger partial charge in [0.2, 0.25) is 0 Å². The van der Waals surface area contributed by atoms with Crippen LogP contribution in [-0.2, 0) is 0 Å². The summed E-state index contributed by atoms with van der Waals surface area (Å²) >= 11 is 0. The maximum atomic E-state index is 6.15. The van der Waals surface area contributed by atoms with Crippen LogP contribution in [0.1, 0.15) is 24.7 Å². The van der Waals surface area contributed by atoms with Gasteiger partial charge in [-0.2, -0.15) is 0 Å². The molecular weight excluding hydrogens is 176 g/mol. The van der Waals surface area contributed by atoms with Crippen molar-refractivity contribution in [3.63, 3.8) is 0 Å². The second kappa shape index (κ2) is 4.11. The average Bonchev–Trinajstić information content (AvgIpc) is 2.71. The fourth-order valence-corrected chi connectivity index (χ4v) is 2.07. The summed E-state index contributed by atoms with van der Waals surface area (Å²) < 4.78 is 0. The Balaban J connectivity index is 1.95. The number of likely N-dealkylation sites (tertiary alicyclic amines) is 1. The number of piperidine rings is 1. The molecule has 0 bridgehead atoms. The normalized spacial score (nSPS) is 22.4. The molecule has 0 spiro atoms. The van der Waals surface area contributed by atoms with Crippen LogP contribution >= 0.6 is 0 Å². The van der Waals surface area contributed by atoms with Gasteiger partial charge >= 0.3 is 0 Å². The number of aromatic nitrogens is 2. The fraction of sp³-hybridized carbons (Fsp3) is 0.700. The van der Waals surface area contributed by atoms with Crippen molar-refractivity contribution in [3.8, 4) is 0 Å². The van der Waals surface area contributed by atoms with E-state index in [0.29, 0.717) is 5.92 Å². The third-order valence-corrected chi connectivity index (χ3v) is 3.11. The second-order valence-electron chi connectivity index (χ2n) is 4.14. The van der Waals surface area contributed by atoms with E-state index >= 15 is 0 Å². The van der Waals surface area contributed by atoms with E-state index in [1.54, 1.807) is 6.20 Å². The van der Waals surface area contributed by atoms with Gasteiger partial charge in [-0.25, -0.2) is 4.98 Å². The molecule has 2 heterocycles. The summed E-state index contributed by atoms with van der Waals surface area (Å²) in [5, 5.41) is 0. The first-order valence-corrected chi connectivity index (χ1v) is 5.21. The summed E-state index contributed by atoms with van der Waals surface area (Å²) in [5.41, 5.74) is 6.15. The van der Waals surface area contributed by atoms with Crippen LogP contribution in [0.4, 0.5) is 0 Å². The van der Waals surface area contributed by atoms with Crippen LogP contribution in [0, 0.1) is 5.92 Å². The highest BCUT2D eigenvalue weighted by Gasteiger charge is 2.24. The van der Waals surface area contributed by atoms with E-state index < -0.39 is 0 Å². The smallest absolute Gasteiger partial charge is 0.123 e. The monoisotopic (exact) mass is 194 g/mol. The largest absolute Gasteiger partial charge is 0.347 e. The van der Waals surface area contributed by atoms with Gasteiger partial charge in [0.1, 0.15) is 5.82 Å². The summed E-state index contributed by atoms with van der Waals surface area (Å²) in [5.74, 6) is 1.51. The zero-order chi connectivity index (χ0) is 9.97. The summed E-state index contributed by atoms with van der Waals surface area (Å²) in [7, 11) is 2.16. The van der Waals surface area contributed by atoms with Gasteiger partial charge in [0.25, 0.3) is 0 Å². The molecule has 1 unspecified atom stereocenters. The lowest BCUT2D eigenvalue weighted by Crippen LogP contribution is -2.35. The Hall–Kier alpha value is -0.870. The predicted octanol–water partition coefficient (Wildman–Crippen LogP) is 0.751. The molecule has 1 aliphatic heterocycles. The van der Waals surface area contributed by atoms with E-state index in [-0.39, 0.29) is 6.04 Å². The molecule has 78 valence electrons. The van der Waals surface area contributed by atoms with Crippen molar-refractivity contribution in [2.75, 3.05) is 20.1 Å². The summed E-state index contributed by atoms with van der Waals surface area (Å²) in [6, 6.07) is 0.0821. The third-order valence-electron chi connectivity index (χ3n) is 3.11. The number of hydrogen-bond donors (Lipinski definition) is 2. The minimum atomic E-state index is 0.0821. The molecule has 3 N–H and O–H groups in total. The lowest BCUT2D eigenvalue weighted by atomic mass is 9.90. The minimum Gasteiger partial charge on any atom is -0.347 e. The van der Waals surface area contributed by atoms with Crippen LogP contribution in [0.3, 0.4) is 0 Å². The van der Waals surface area contributed by atoms with Crippen molar-refractivity contribution in [3.05, 3.63) is 18.2 Å². The molecule has 1 saturated heterocycles. The van der Waals surface area contributed by atoms with E-state index in [9.17, 15) is 0 Å². The minimum absolute atomic E-state index is 0.0821. The van der Waals surface area contributed by atoms with E-state index in [0.717, 1.165) is 18.9 Å². The molecule has 0 radical (unpaired) electrons. The Bertz CT molecular complexity index is 262. The zero-order valence-corrected chi connectivity index (χ0v) is 8.61. The number of nitrogens with zero attached hydrogens (tertiary/aromatic N) is 2. The molecule has 0 aromatic carbocycles. The van der Waals surface area contributed by atoms with Crippen molar-refractivity contribution in [1.29, 1.82) is 0 Å². The number of H-pyrrole nitrogens is 1. The van der Waals surface area contributed by atoms with Gasteiger partial charge in [0, 0.05) is 12.4 Å². The highest BCUT2D eigenvalue weighted by Crippen LogP contribution is 2.26. The highest BCUT2D eigenvalue weighted by atomic mass is 15.1. The quantitative estimate of drug-likeness (QED) is 0.730. The average molecular weight is 194 g/mol. The number of nitrogens with one attached hydrogen (secondary N) is 1. The number of imidazole rings is 1. The first-order valence-electron chi connectivity index (χ1n) is 5.21. The molecule has 4 heteroatoms. The van der Waals surface area contributed by atoms with Crippen molar-refractivity contribution in [2.45, 2.75) is 18.9 Å². The van der Waals surface area contributed by atoms with Crippen LogP contribution in [-0.4, -0.2) is 35.0 Å². The van der Waals surface area contributed by atoms with Crippen molar-refractivity contribution in [2.24, 2.45) is 11.7 Å². The van der Waals surface area contributed by atoms with E-state index in [2.05, 4.69) is 21.9 Å². The number of aromatic amines is 1. The molecule has 1 atom stereocenters. The number of rotatable bonds is 2. The van der Waals surface area contributed by atoms with Crippen LogP contribution in [0.5, 0.6) is 0 Å². The molecule has 1 aromatic heterocycles. The summed E-state index contributed by atoms with van der Waals surface area (Å²) in [6.45, 7) is 2.30. The SMILES string of the molecule is CN1CCC(C(N)c2ncc[nH]2)CC1. The van der Waals surface area contributed by atoms with E-state index in [1.165, 1.54) is 12.8 Å². The van der Waals surface area contributed by atoms with Gasteiger partial charge < -0.3 is 15.6 Å². The van der Waals surface area contributed by atoms with Crippen molar-refractivity contribution < 1.29 is 0 Å². The molecule has 14 heavy (non-hydrogen) atoms. The van der Waals surface area contributed by atoms with Gasteiger partial charge in [0.05, 0.1) is 6.04 Å². The zero-order valence-electron chi connectivity index (χ0n) is 8.61. The molecule has 0 saturated carbocycles. The van der Waals surface area contributed by atoms with Crippen molar-refractivity contribution in [1.82, 2.24) is 14.9 Å². The predicted molar refractivity (Wildman–Crippen MR) is 55.7 cm³/mol. The molecule has 4 nitrogen and oxygen atoms in total. The Morgan fingerprint density at radius 3 is 2.86 bits per heavy atom. The first-order chi connectivity index (χ1) is 6.77. The first kappa shape index (κ1) is 9.68. The van der Waals surface area contributed by atoms with Crippen molar-refractivity contribution >= 4 is 0 Å². The van der Waals surface area contributed by atoms with E-state index in [4.69, 9.17) is 5.73 Å². The third kappa shape index (κ3) is 1.96. The molecule has 0 amide bonds. The maximum Gasteiger partial charge on any atom is 0.123 e. The molecule has 0 aliphatic carbocycles. The van der Waals surface area contributed by atoms with Gasteiger partial charge in [-0.1, -0.05) is 0 Å². The molecule has 1 fully saturated rings. The standard InChI is InChI=1S/C10H18N4/c1-14-6-2-8(3-7-14)9(11)10-12-4-5-13-10/h4-5,8-9H,2-3,6-7,11H2,1H3,(H,12,13). The topological polar surface area (TPSA) is 57.9 Å². The lowest BCUT2D eigenvalue weighted by Gasteiger charge is -2.31. The Kier molecular flexibility index (Phi) is 2.84. The summed E-state index contributed by atoms with van der Waals surface area (Å²) in [6.07, 6.45) is 5.96. The van der Waals surface area contributed by atoms with Gasteiger partial charge in [-0.15, -0.1) is 0 Å². The van der Waals surface area contributed by atoms with Crippen LogP contribution in [0.2, 0.25) is 0 Å². The number of hydrogen-bond acceptors (Lipinski definition) is 3. The molecular formula is C10H18N4. The maximum absolute atomic E-state index is 6.15. The fourth-order valence-electron chi connectivity index (χ4n) is 2.07. The lowest BCUT2D eigenvalue weighted by molar-refractivity contribution is 0.197. The number of nitrogens with two attached hydrogens (primary N) is 1. The Labute approximate surface area is 84.5 Å². The second-order valence-corrected chi connectivity index (χ2v) is 4.14. The van der Waals surface area contributed by atoms with E-state index in [1.807, 2.05) is 6.20 Å². The van der Waals surface area contributed by atoms with Crippen LogP contribution < -0.4 is 5.73 Å². The van der Waals surface area contributed by atoms with Gasteiger partial charge in [-0.3, -0.25) is 0 Å². The summed E-state index contributed by atoms with van der Waals surface area (Å²) in [4.78, 5) is 9.66. The molecule has 1 aliphatic rings.